The Balaban J connectivity index is 1.90. The zero-order valence-corrected chi connectivity index (χ0v) is 20.8. The molecule has 182 valence electrons. The van der Waals surface area contributed by atoms with Crippen molar-refractivity contribution >= 4 is 23.5 Å². The first-order valence-electron chi connectivity index (χ1n) is 11.7. The molecule has 34 heavy (non-hydrogen) atoms. The summed E-state index contributed by atoms with van der Waals surface area (Å²) in [6.07, 6.45) is 7.18. The molecule has 0 fully saturated rings. The lowest BCUT2D eigenvalue weighted by Gasteiger charge is -2.13. The van der Waals surface area contributed by atoms with E-state index in [1.807, 2.05) is 6.07 Å². The molecule has 0 radical (unpaired) electrons. The molecule has 0 N–H and O–H groups in total. The van der Waals surface area contributed by atoms with Crippen LogP contribution in [0, 0.1) is 17.2 Å². The molecule has 1 unspecified atom stereocenters. The summed E-state index contributed by atoms with van der Waals surface area (Å²) in [7, 11) is 0. The third-order valence-corrected chi connectivity index (χ3v) is 5.84. The molecule has 0 amide bonds. The summed E-state index contributed by atoms with van der Waals surface area (Å²) in [5, 5.41) is 8.57. The van der Waals surface area contributed by atoms with E-state index in [0.717, 1.165) is 12.8 Å². The predicted octanol–water partition coefficient (Wildman–Crippen LogP) is 6.69. The number of rotatable bonds is 13. The van der Waals surface area contributed by atoms with Gasteiger partial charge in [0.15, 0.2) is 0 Å². The van der Waals surface area contributed by atoms with Crippen molar-refractivity contribution in [3.05, 3.63) is 53.6 Å². The van der Waals surface area contributed by atoms with Crippen LogP contribution in [0.25, 0.3) is 0 Å². The average Bonchev–Trinajstić information content (AvgIpc) is 2.84. The van der Waals surface area contributed by atoms with Gasteiger partial charge in [-0.25, -0.2) is 4.79 Å². The average molecular weight is 486 g/mol. The molecule has 2 aromatic carbocycles. The minimum atomic E-state index is -0.839. The Morgan fingerprint density at radius 2 is 1.59 bits per heavy atom. The summed E-state index contributed by atoms with van der Waals surface area (Å²) in [6, 6.07) is 12.9. The fourth-order valence-electron chi connectivity index (χ4n) is 3.11. The molecule has 0 heterocycles. The molecule has 2 aromatic rings. The number of esters is 2. The Bertz CT molecular complexity index is 982. The van der Waals surface area contributed by atoms with Gasteiger partial charge in [-0.1, -0.05) is 52.9 Å². The molecule has 6 nitrogen and oxygen atoms in total. The highest BCUT2D eigenvalue weighted by molar-refractivity contribution is 6.30. The lowest BCUT2D eigenvalue weighted by atomic mass is 10.1. The lowest BCUT2D eigenvalue weighted by Crippen LogP contribution is -2.25. The van der Waals surface area contributed by atoms with Crippen LogP contribution >= 0.6 is 11.6 Å². The van der Waals surface area contributed by atoms with Gasteiger partial charge >= 0.3 is 11.9 Å². The maximum Gasteiger partial charge on any atom is 0.343 e. The van der Waals surface area contributed by atoms with Gasteiger partial charge in [0.1, 0.15) is 28.7 Å². The number of ether oxygens (including phenoxy) is 3. The second-order valence-corrected chi connectivity index (χ2v) is 8.84. The number of carbonyl (C=O) groups excluding carboxylic acids is 2. The third-order valence-electron chi connectivity index (χ3n) is 5.16. The minimum absolute atomic E-state index is 0.0360. The number of halogens is 1. The third kappa shape index (κ3) is 8.72. The SMILES string of the molecule is CCCCCCCCOc1ccc(OC(=O)c2ccc(OC(=O)C(Cl)C(C)C)c(C#N)c2)cc1. The number of carbonyl (C=O) groups is 2. The Hall–Kier alpha value is -3.04. The lowest BCUT2D eigenvalue weighted by molar-refractivity contribution is -0.134. The monoisotopic (exact) mass is 485 g/mol. The Kier molecular flexibility index (Phi) is 11.4. The summed E-state index contributed by atoms with van der Waals surface area (Å²) in [5.41, 5.74) is 0.194. The highest BCUT2D eigenvalue weighted by Crippen LogP contribution is 2.24. The number of nitrogens with zero attached hydrogens (tertiary/aromatic N) is 1. The smallest absolute Gasteiger partial charge is 0.343 e. The largest absolute Gasteiger partial charge is 0.494 e. The summed E-state index contributed by atoms with van der Waals surface area (Å²) in [6.45, 7) is 6.43. The molecule has 0 spiro atoms. The molecule has 0 saturated heterocycles. The predicted molar refractivity (Wildman–Crippen MR) is 132 cm³/mol. The molecule has 0 aliphatic carbocycles. The second kappa shape index (κ2) is 14.3. The van der Waals surface area contributed by atoms with Gasteiger partial charge in [0.05, 0.1) is 17.7 Å². The van der Waals surface area contributed by atoms with Gasteiger partial charge in [-0.15, -0.1) is 11.6 Å². The maximum atomic E-state index is 12.5. The first-order chi connectivity index (χ1) is 16.3. The van der Waals surface area contributed by atoms with E-state index in [9.17, 15) is 14.9 Å². The van der Waals surface area contributed by atoms with Crippen LogP contribution in [0.5, 0.6) is 17.2 Å². The topological polar surface area (TPSA) is 85.6 Å². The molecule has 2 rings (SSSR count). The Labute approximate surface area is 206 Å². The van der Waals surface area contributed by atoms with Crippen molar-refractivity contribution < 1.29 is 23.8 Å². The summed E-state index contributed by atoms with van der Waals surface area (Å²) in [4.78, 5) is 24.6. The minimum Gasteiger partial charge on any atom is -0.494 e. The normalized spacial score (nSPS) is 11.5. The van der Waals surface area contributed by atoms with E-state index >= 15 is 0 Å². The quantitative estimate of drug-likeness (QED) is 0.136. The summed E-state index contributed by atoms with van der Waals surface area (Å²) >= 11 is 6.01. The van der Waals surface area contributed by atoms with Gasteiger partial charge in [-0.2, -0.15) is 5.26 Å². The van der Waals surface area contributed by atoms with E-state index in [1.165, 1.54) is 43.9 Å². The molecular formula is C27H32ClNO5. The molecule has 0 aliphatic rings. The highest BCUT2D eigenvalue weighted by Gasteiger charge is 2.23. The molecule has 0 saturated carbocycles. The van der Waals surface area contributed by atoms with Gasteiger partial charge in [-0.3, -0.25) is 4.79 Å². The van der Waals surface area contributed by atoms with Crippen LogP contribution in [0.2, 0.25) is 0 Å². The number of unbranched alkanes of at least 4 members (excludes halogenated alkanes) is 5. The fraction of sp³-hybridized carbons (Fsp3) is 0.444. The number of nitriles is 1. The van der Waals surface area contributed by atoms with Crippen LogP contribution in [0.15, 0.2) is 42.5 Å². The second-order valence-electron chi connectivity index (χ2n) is 8.37. The number of alkyl halides is 1. The van der Waals surface area contributed by atoms with Gasteiger partial charge in [0.25, 0.3) is 0 Å². The molecule has 1 atom stereocenters. The first kappa shape index (κ1) is 27.2. The van der Waals surface area contributed by atoms with Crippen molar-refractivity contribution in [2.75, 3.05) is 6.61 Å². The first-order valence-corrected chi connectivity index (χ1v) is 12.1. The van der Waals surface area contributed by atoms with E-state index in [-0.39, 0.29) is 22.8 Å². The summed E-state index contributed by atoms with van der Waals surface area (Å²) in [5.74, 6) is -0.295. The maximum absolute atomic E-state index is 12.5. The van der Waals surface area contributed by atoms with E-state index < -0.39 is 17.3 Å². The molecule has 0 aliphatic heterocycles. The fourth-order valence-corrected chi connectivity index (χ4v) is 3.16. The van der Waals surface area contributed by atoms with Crippen LogP contribution in [-0.2, 0) is 4.79 Å². The van der Waals surface area contributed by atoms with Gasteiger partial charge < -0.3 is 14.2 Å². The van der Waals surface area contributed by atoms with Crippen LogP contribution in [0.3, 0.4) is 0 Å². The number of hydrogen-bond acceptors (Lipinski definition) is 6. The van der Waals surface area contributed by atoms with E-state index in [4.69, 9.17) is 25.8 Å². The molecule has 7 heteroatoms. The summed E-state index contributed by atoms with van der Waals surface area (Å²) < 4.78 is 16.4. The molecule has 0 bridgehead atoms. The van der Waals surface area contributed by atoms with Crippen molar-refractivity contribution in [1.82, 2.24) is 0 Å². The standard InChI is InChI=1S/C27H32ClNO5/c1-4-5-6-7-8-9-16-32-22-11-13-23(14-12-22)33-26(30)20-10-15-24(21(17-20)18-29)34-27(31)25(28)19(2)3/h10-15,17,19,25H,4-9,16H2,1-3H3. The molecular weight excluding hydrogens is 454 g/mol. The van der Waals surface area contributed by atoms with Crippen molar-refractivity contribution in [3.8, 4) is 23.3 Å². The highest BCUT2D eigenvalue weighted by atomic mass is 35.5. The van der Waals surface area contributed by atoms with Crippen molar-refractivity contribution in [2.45, 2.75) is 64.7 Å². The zero-order chi connectivity index (χ0) is 24.9. The van der Waals surface area contributed by atoms with E-state index in [0.29, 0.717) is 18.1 Å². The van der Waals surface area contributed by atoms with Crippen molar-refractivity contribution in [1.29, 1.82) is 5.26 Å². The Morgan fingerprint density at radius 3 is 2.24 bits per heavy atom. The van der Waals surface area contributed by atoms with Gasteiger partial charge in [-0.05, 0) is 54.8 Å². The number of hydrogen-bond donors (Lipinski definition) is 0. The van der Waals surface area contributed by atoms with Gasteiger partial charge in [0, 0.05) is 0 Å². The van der Waals surface area contributed by atoms with Gasteiger partial charge in [0.2, 0.25) is 0 Å². The zero-order valence-electron chi connectivity index (χ0n) is 20.0. The Morgan fingerprint density at radius 1 is 0.941 bits per heavy atom. The van der Waals surface area contributed by atoms with Crippen molar-refractivity contribution in [2.24, 2.45) is 5.92 Å². The van der Waals surface area contributed by atoms with E-state index in [2.05, 4.69) is 6.92 Å². The molecule has 0 aromatic heterocycles. The van der Waals surface area contributed by atoms with E-state index in [1.54, 1.807) is 38.1 Å². The number of benzene rings is 2. The van der Waals surface area contributed by atoms with Crippen molar-refractivity contribution in [3.63, 3.8) is 0 Å². The van der Waals surface area contributed by atoms with Crippen LogP contribution in [0.1, 0.15) is 75.2 Å². The van der Waals surface area contributed by atoms with Crippen LogP contribution < -0.4 is 14.2 Å². The van der Waals surface area contributed by atoms with Crippen LogP contribution in [-0.4, -0.2) is 23.9 Å². The van der Waals surface area contributed by atoms with Crippen LogP contribution in [0.4, 0.5) is 0 Å².